The predicted molar refractivity (Wildman–Crippen MR) is 60.1 cm³/mol. The summed E-state index contributed by atoms with van der Waals surface area (Å²) in [6, 6.07) is 0. The van der Waals surface area contributed by atoms with E-state index in [1.165, 1.54) is 6.33 Å². The second-order valence-electron chi connectivity index (χ2n) is 4.72. The van der Waals surface area contributed by atoms with Crippen LogP contribution < -0.4 is 0 Å². The molecule has 1 N–H and O–H groups in total. The van der Waals surface area contributed by atoms with Crippen molar-refractivity contribution in [3.63, 3.8) is 0 Å². The molecule has 2 aliphatic rings. The van der Waals surface area contributed by atoms with E-state index in [0.717, 1.165) is 18.4 Å². The number of nitrogens with zero attached hydrogens (tertiary/aromatic N) is 2. The van der Waals surface area contributed by atoms with Gasteiger partial charge >= 0.3 is 0 Å². The first-order valence-corrected chi connectivity index (χ1v) is 6.84. The second-order valence-corrected chi connectivity index (χ2v) is 6.71. The van der Waals surface area contributed by atoms with Crippen LogP contribution in [0.1, 0.15) is 31.2 Å². The monoisotopic (exact) mass is 238 g/mol. The predicted octanol–water partition coefficient (Wildman–Crippen LogP) is 0.738. The summed E-state index contributed by atoms with van der Waals surface area (Å²) in [6.07, 6.45) is 7.93. The van der Waals surface area contributed by atoms with E-state index >= 15 is 0 Å². The fraction of sp³-hybridized carbons (Fsp3) is 0.636. The molecular weight excluding hydrogens is 224 g/mol. The molecule has 3 rings (SSSR count). The lowest BCUT2D eigenvalue weighted by Crippen LogP contribution is -2.40. The molecule has 2 bridgehead atoms. The minimum atomic E-state index is -0.860. The Hall–Kier alpha value is -0.810. The van der Waals surface area contributed by atoms with Crippen LogP contribution in [0, 0.1) is 0 Å². The summed E-state index contributed by atoms with van der Waals surface area (Å²) in [5, 5.41) is 10.9. The molecule has 1 aromatic heterocycles. The minimum absolute atomic E-state index is 0.156. The molecule has 4 nitrogen and oxygen atoms in total. The Balaban J connectivity index is 1.94. The third kappa shape index (κ3) is 1.50. The van der Waals surface area contributed by atoms with Gasteiger partial charge in [0, 0.05) is 39.3 Å². The molecule has 0 aromatic carbocycles. The number of hydrogen-bond acceptors (Lipinski definition) is 4. The third-order valence-corrected chi connectivity index (χ3v) is 5.82. The maximum atomic E-state index is 11.9. The molecule has 2 unspecified atom stereocenters. The Morgan fingerprint density at radius 2 is 1.81 bits per heavy atom. The molecule has 0 amide bonds. The van der Waals surface area contributed by atoms with Crippen molar-refractivity contribution in [3.05, 3.63) is 24.3 Å². The number of aliphatic hydroxyl groups is 1. The smallest absolute Gasteiger partial charge is 0.115 e. The van der Waals surface area contributed by atoms with Crippen LogP contribution in [0.15, 0.2) is 18.7 Å². The van der Waals surface area contributed by atoms with Crippen LogP contribution in [0.4, 0.5) is 0 Å². The molecule has 1 aromatic rings. The van der Waals surface area contributed by atoms with E-state index in [0.29, 0.717) is 12.8 Å². The van der Waals surface area contributed by atoms with E-state index in [-0.39, 0.29) is 10.5 Å². The van der Waals surface area contributed by atoms with Crippen LogP contribution in [0.5, 0.6) is 0 Å². The van der Waals surface area contributed by atoms with E-state index in [1.54, 1.807) is 12.4 Å². The first-order chi connectivity index (χ1) is 7.69. The van der Waals surface area contributed by atoms with E-state index in [4.69, 9.17) is 0 Å². The fourth-order valence-electron chi connectivity index (χ4n) is 2.86. The van der Waals surface area contributed by atoms with Crippen molar-refractivity contribution in [2.45, 2.75) is 41.8 Å². The molecule has 5 heteroatoms. The van der Waals surface area contributed by atoms with E-state index in [9.17, 15) is 9.32 Å². The average Bonchev–Trinajstić information content (AvgIpc) is 2.54. The van der Waals surface area contributed by atoms with Gasteiger partial charge in [-0.1, -0.05) is 0 Å². The molecule has 3 heterocycles. The van der Waals surface area contributed by atoms with Crippen LogP contribution in [-0.4, -0.2) is 29.8 Å². The Kier molecular flexibility index (Phi) is 2.33. The van der Waals surface area contributed by atoms with Crippen molar-refractivity contribution >= 4 is 10.8 Å². The topological polar surface area (TPSA) is 63.1 Å². The maximum Gasteiger partial charge on any atom is 0.115 e. The quantitative estimate of drug-likeness (QED) is 0.783. The summed E-state index contributed by atoms with van der Waals surface area (Å²) in [6.45, 7) is 0. The zero-order valence-corrected chi connectivity index (χ0v) is 9.69. The summed E-state index contributed by atoms with van der Waals surface area (Å²) in [7, 11) is -0.740. The standard InChI is InChI=1S/C11H14N2O2S/c14-11(8-5-12-7-13-6-8)3-9-1-2-10(4-11)16(9)15/h5-7,9-10,14H,1-4H2. The zero-order valence-electron chi connectivity index (χ0n) is 8.87. The number of rotatable bonds is 1. The molecule has 2 aliphatic heterocycles. The van der Waals surface area contributed by atoms with Crippen LogP contribution in [-0.2, 0) is 16.4 Å². The number of fused-ring (bicyclic) bond motifs is 2. The van der Waals surface area contributed by atoms with E-state index in [1.807, 2.05) is 0 Å². The van der Waals surface area contributed by atoms with Gasteiger partial charge in [0.2, 0.25) is 0 Å². The van der Waals surface area contributed by atoms with Crippen LogP contribution in [0.2, 0.25) is 0 Å². The molecule has 2 saturated heterocycles. The molecule has 0 spiro atoms. The van der Waals surface area contributed by atoms with Crippen LogP contribution >= 0.6 is 0 Å². The van der Waals surface area contributed by atoms with Gasteiger partial charge in [-0.25, -0.2) is 9.97 Å². The third-order valence-electron chi connectivity index (χ3n) is 3.70. The lowest BCUT2D eigenvalue weighted by Gasteiger charge is -2.35. The maximum absolute atomic E-state index is 11.9. The van der Waals surface area contributed by atoms with Crippen molar-refractivity contribution in [3.8, 4) is 0 Å². The molecule has 0 aliphatic carbocycles. The van der Waals surface area contributed by atoms with Gasteiger partial charge in [-0.3, -0.25) is 4.21 Å². The Bertz CT molecular complexity index is 407. The van der Waals surface area contributed by atoms with Crippen molar-refractivity contribution in [2.24, 2.45) is 0 Å². The molecule has 2 atom stereocenters. The van der Waals surface area contributed by atoms with Crippen molar-refractivity contribution in [1.82, 2.24) is 9.97 Å². The van der Waals surface area contributed by atoms with E-state index in [2.05, 4.69) is 9.97 Å². The molecule has 86 valence electrons. The summed E-state index contributed by atoms with van der Waals surface area (Å²) in [4.78, 5) is 7.90. The van der Waals surface area contributed by atoms with Crippen molar-refractivity contribution in [2.75, 3.05) is 0 Å². The second kappa shape index (κ2) is 3.60. The number of aromatic nitrogens is 2. The summed E-state index contributed by atoms with van der Waals surface area (Å²) in [5.41, 5.74) is -0.0929. The highest BCUT2D eigenvalue weighted by molar-refractivity contribution is 7.86. The fourth-order valence-corrected chi connectivity index (χ4v) is 5.02. The summed E-state index contributed by atoms with van der Waals surface area (Å²) in [5.74, 6) is 0. The lowest BCUT2D eigenvalue weighted by molar-refractivity contribution is 0.0178. The molecule has 2 fully saturated rings. The number of hydrogen-bond donors (Lipinski definition) is 1. The molecule has 0 radical (unpaired) electrons. The van der Waals surface area contributed by atoms with Crippen LogP contribution in [0.3, 0.4) is 0 Å². The highest BCUT2D eigenvalue weighted by Gasteiger charge is 2.48. The summed E-state index contributed by atoms with van der Waals surface area (Å²) >= 11 is 0. The van der Waals surface area contributed by atoms with Gasteiger partial charge in [0.15, 0.2) is 0 Å². The van der Waals surface area contributed by atoms with Gasteiger partial charge in [0.25, 0.3) is 0 Å². The molecule has 16 heavy (non-hydrogen) atoms. The average molecular weight is 238 g/mol. The molecule has 0 saturated carbocycles. The highest BCUT2D eigenvalue weighted by atomic mass is 32.2. The largest absolute Gasteiger partial charge is 0.385 e. The lowest BCUT2D eigenvalue weighted by atomic mass is 9.88. The van der Waals surface area contributed by atoms with Crippen LogP contribution in [0.25, 0.3) is 0 Å². The first-order valence-electron chi connectivity index (χ1n) is 5.56. The highest BCUT2D eigenvalue weighted by Crippen LogP contribution is 2.45. The van der Waals surface area contributed by atoms with Gasteiger partial charge in [-0.15, -0.1) is 0 Å². The Labute approximate surface area is 96.6 Å². The van der Waals surface area contributed by atoms with Gasteiger partial charge in [-0.2, -0.15) is 0 Å². The SMILES string of the molecule is O=S1C2CCC1CC(O)(c1cncnc1)C2. The van der Waals surface area contributed by atoms with Gasteiger partial charge in [0.05, 0.1) is 5.60 Å². The van der Waals surface area contributed by atoms with Crippen molar-refractivity contribution < 1.29 is 9.32 Å². The van der Waals surface area contributed by atoms with Crippen molar-refractivity contribution in [1.29, 1.82) is 0 Å². The van der Waals surface area contributed by atoms with Gasteiger partial charge in [-0.05, 0) is 25.7 Å². The minimum Gasteiger partial charge on any atom is -0.385 e. The Morgan fingerprint density at radius 3 is 2.38 bits per heavy atom. The van der Waals surface area contributed by atoms with E-state index < -0.39 is 16.4 Å². The summed E-state index contributed by atoms with van der Waals surface area (Å²) < 4.78 is 11.9. The van der Waals surface area contributed by atoms with Gasteiger partial charge < -0.3 is 5.11 Å². The van der Waals surface area contributed by atoms with Gasteiger partial charge in [0.1, 0.15) is 6.33 Å². The first kappa shape index (κ1) is 10.4. The normalized spacial score (nSPS) is 42.2. The molecular formula is C11H14N2O2S. The zero-order chi connectivity index (χ0) is 11.2. The Morgan fingerprint density at radius 1 is 1.25 bits per heavy atom.